The summed E-state index contributed by atoms with van der Waals surface area (Å²) in [6.07, 6.45) is 7.69. The van der Waals surface area contributed by atoms with Gasteiger partial charge in [-0.15, -0.1) is 0 Å². The highest BCUT2D eigenvalue weighted by Crippen LogP contribution is 2.43. The molecule has 9 rings (SSSR count). The van der Waals surface area contributed by atoms with Gasteiger partial charge in [0, 0.05) is 46.6 Å². The fraction of sp³-hybridized carbons (Fsp3) is 0.133. The van der Waals surface area contributed by atoms with Gasteiger partial charge >= 0.3 is 0 Å². The molecule has 0 radical (unpaired) electrons. The lowest BCUT2D eigenvalue weighted by Crippen LogP contribution is -2.28. The van der Waals surface area contributed by atoms with Crippen molar-refractivity contribution in [1.29, 1.82) is 0 Å². The van der Waals surface area contributed by atoms with Gasteiger partial charge in [-0.3, -0.25) is 4.98 Å². The predicted octanol–water partition coefficient (Wildman–Crippen LogP) is 11.4. The summed E-state index contributed by atoms with van der Waals surface area (Å²) in [7, 11) is 0. The number of para-hydroxylation sites is 1. The van der Waals surface area contributed by atoms with E-state index < -0.39 is 0 Å². The zero-order chi connectivity index (χ0) is 32.5. The summed E-state index contributed by atoms with van der Waals surface area (Å²) in [6.45, 7) is 4.87. The second-order valence-electron chi connectivity index (χ2n) is 12.5. The summed E-state index contributed by atoms with van der Waals surface area (Å²) in [5.41, 5.74) is 11.0. The molecule has 0 amide bonds. The van der Waals surface area contributed by atoms with Gasteiger partial charge < -0.3 is 10.6 Å². The number of hydrogen-bond acceptors (Lipinski definition) is 3. The molecule has 6 aromatic carbocycles. The zero-order valence-electron chi connectivity index (χ0n) is 27.4. The highest BCUT2D eigenvalue weighted by atomic mass is 14.9. The maximum absolute atomic E-state index is 4.72. The van der Waals surface area contributed by atoms with Crippen LogP contribution < -0.4 is 10.6 Å². The molecule has 2 unspecified atom stereocenters. The van der Waals surface area contributed by atoms with Crippen LogP contribution in [0.25, 0.3) is 54.8 Å². The normalized spacial score (nSPS) is 17.0. The minimum atomic E-state index is 0.0891. The summed E-state index contributed by atoms with van der Waals surface area (Å²) in [6, 6.07) is 48.4. The van der Waals surface area contributed by atoms with E-state index in [1.54, 1.807) is 0 Å². The van der Waals surface area contributed by atoms with E-state index in [1.165, 1.54) is 71.7 Å². The molecule has 2 N–H and O–H groups in total. The van der Waals surface area contributed by atoms with Crippen LogP contribution in [0.15, 0.2) is 152 Å². The number of benzene rings is 6. The minimum absolute atomic E-state index is 0.0891. The van der Waals surface area contributed by atoms with Gasteiger partial charge in [-0.1, -0.05) is 129 Å². The number of hydrogen-bond donors (Lipinski definition) is 2. The lowest BCUT2D eigenvalue weighted by molar-refractivity contribution is 0.618. The van der Waals surface area contributed by atoms with E-state index in [4.69, 9.17) is 4.98 Å². The standard InChI is InChI=1S/C43H33N3.C2H6/c1-3-9-31-23-33(16-14-28(31)7-1)34-18-21-41-39(25-34)38(26-42(46-41)35-17-15-29-8-2-4-10-32(29)24-35)36-19-20-40(45-27-36)37-13-5-11-30-12-6-22-44-43(30)37;1-2/h1-18,20-26,36,42,45-46H,19,27H2;1-2H3. The first kappa shape index (κ1) is 29.7. The monoisotopic (exact) mass is 621 g/mol. The first-order valence-electron chi connectivity index (χ1n) is 17.2. The topological polar surface area (TPSA) is 37.0 Å². The second-order valence-corrected chi connectivity index (χ2v) is 12.5. The van der Waals surface area contributed by atoms with Gasteiger partial charge in [-0.2, -0.15) is 0 Å². The third-order valence-corrected chi connectivity index (χ3v) is 9.71. The molecule has 0 saturated carbocycles. The summed E-state index contributed by atoms with van der Waals surface area (Å²) in [5, 5.41) is 13.9. The van der Waals surface area contributed by atoms with Crippen LogP contribution in [0.3, 0.4) is 0 Å². The van der Waals surface area contributed by atoms with Crippen molar-refractivity contribution in [2.75, 3.05) is 11.9 Å². The van der Waals surface area contributed by atoms with Crippen LogP contribution in [0.2, 0.25) is 0 Å². The first-order chi connectivity index (χ1) is 23.8. The summed E-state index contributed by atoms with van der Waals surface area (Å²) in [4.78, 5) is 4.72. The average Bonchev–Trinajstić information content (AvgIpc) is 3.17. The molecule has 7 aromatic rings. The van der Waals surface area contributed by atoms with Gasteiger partial charge in [0.25, 0.3) is 0 Å². The Morgan fingerprint density at radius 3 is 2.08 bits per heavy atom. The molecule has 2 aliphatic heterocycles. The molecule has 1 aromatic heterocycles. The van der Waals surface area contributed by atoms with Gasteiger partial charge in [-0.25, -0.2) is 0 Å². The Bertz CT molecular complexity index is 2340. The fourth-order valence-electron chi connectivity index (χ4n) is 7.29. The highest BCUT2D eigenvalue weighted by molar-refractivity contribution is 5.92. The van der Waals surface area contributed by atoms with Crippen LogP contribution in [-0.4, -0.2) is 11.5 Å². The van der Waals surface area contributed by atoms with Crippen LogP contribution in [0.5, 0.6) is 0 Å². The second kappa shape index (κ2) is 12.8. The van der Waals surface area contributed by atoms with Crippen LogP contribution in [0.4, 0.5) is 5.69 Å². The van der Waals surface area contributed by atoms with E-state index >= 15 is 0 Å². The third-order valence-electron chi connectivity index (χ3n) is 9.71. The zero-order valence-corrected chi connectivity index (χ0v) is 27.4. The minimum Gasteiger partial charge on any atom is -0.384 e. The number of fused-ring (bicyclic) bond motifs is 4. The molecule has 0 fully saturated rings. The van der Waals surface area contributed by atoms with Gasteiger partial charge in [0.1, 0.15) is 0 Å². The van der Waals surface area contributed by atoms with Crippen molar-refractivity contribution < 1.29 is 0 Å². The number of allylic oxidation sites excluding steroid dienone is 1. The van der Waals surface area contributed by atoms with E-state index in [0.29, 0.717) is 5.92 Å². The van der Waals surface area contributed by atoms with Crippen molar-refractivity contribution in [2.24, 2.45) is 5.92 Å². The molecule has 48 heavy (non-hydrogen) atoms. The lowest BCUT2D eigenvalue weighted by atomic mass is 9.81. The summed E-state index contributed by atoms with van der Waals surface area (Å²) in [5.74, 6) is 0.336. The van der Waals surface area contributed by atoms with E-state index in [0.717, 1.165) is 18.5 Å². The fourth-order valence-corrected chi connectivity index (χ4v) is 7.29. The smallest absolute Gasteiger partial charge is 0.0794 e. The molecule has 0 saturated heterocycles. The maximum atomic E-state index is 4.72. The van der Waals surface area contributed by atoms with E-state index in [2.05, 4.69) is 150 Å². The Morgan fingerprint density at radius 2 is 1.29 bits per heavy atom. The molecular weight excluding hydrogens is 583 g/mol. The number of aromatic nitrogens is 1. The first-order valence-corrected chi connectivity index (χ1v) is 17.2. The third kappa shape index (κ3) is 5.52. The molecule has 3 nitrogen and oxygen atoms in total. The molecule has 3 heteroatoms. The molecule has 2 aliphatic rings. The van der Waals surface area contributed by atoms with Crippen LogP contribution >= 0.6 is 0 Å². The number of nitrogens with one attached hydrogen (secondary N) is 2. The maximum Gasteiger partial charge on any atom is 0.0794 e. The molecular formula is C45H39N3. The molecule has 2 atom stereocenters. The Labute approximate surface area is 282 Å². The molecule has 3 heterocycles. The predicted molar refractivity (Wildman–Crippen MR) is 205 cm³/mol. The Morgan fingerprint density at radius 1 is 0.604 bits per heavy atom. The highest BCUT2D eigenvalue weighted by Gasteiger charge is 2.28. The SMILES string of the molecule is C1=C(c2cccc3cccnc23)NCC(C2=CC(c3ccc4ccccc4c3)Nc3ccc(-c4ccc5ccccc5c4)cc32)C1.CC. The molecule has 234 valence electrons. The Balaban J connectivity index is 0.00000165. The quantitative estimate of drug-likeness (QED) is 0.205. The van der Waals surface area contributed by atoms with Crippen LogP contribution in [0.1, 0.15) is 43.0 Å². The van der Waals surface area contributed by atoms with E-state index in [9.17, 15) is 0 Å². The van der Waals surface area contributed by atoms with Gasteiger partial charge in [0.15, 0.2) is 0 Å². The Kier molecular flexibility index (Phi) is 7.95. The largest absolute Gasteiger partial charge is 0.384 e. The van der Waals surface area contributed by atoms with E-state index in [-0.39, 0.29) is 6.04 Å². The van der Waals surface area contributed by atoms with Crippen molar-refractivity contribution in [3.05, 3.63) is 168 Å². The summed E-state index contributed by atoms with van der Waals surface area (Å²) < 4.78 is 0. The average molecular weight is 622 g/mol. The van der Waals surface area contributed by atoms with Crippen molar-refractivity contribution >= 4 is 49.4 Å². The van der Waals surface area contributed by atoms with Crippen LogP contribution in [0, 0.1) is 5.92 Å². The lowest BCUT2D eigenvalue weighted by Gasteiger charge is -2.33. The van der Waals surface area contributed by atoms with Gasteiger partial charge in [0.2, 0.25) is 0 Å². The number of pyridine rings is 1. The van der Waals surface area contributed by atoms with Crippen LogP contribution in [-0.2, 0) is 0 Å². The van der Waals surface area contributed by atoms with Crippen molar-refractivity contribution in [3.63, 3.8) is 0 Å². The van der Waals surface area contributed by atoms with E-state index in [1.807, 2.05) is 26.1 Å². The Hall–Kier alpha value is -5.67. The van der Waals surface area contributed by atoms with Crippen molar-refractivity contribution in [2.45, 2.75) is 26.3 Å². The molecule has 0 bridgehead atoms. The van der Waals surface area contributed by atoms with Crippen molar-refractivity contribution in [1.82, 2.24) is 10.3 Å². The molecule has 0 aliphatic carbocycles. The van der Waals surface area contributed by atoms with Gasteiger partial charge in [0.05, 0.1) is 11.6 Å². The van der Waals surface area contributed by atoms with Gasteiger partial charge in [-0.05, 0) is 80.6 Å². The number of anilines is 1. The summed E-state index contributed by atoms with van der Waals surface area (Å²) >= 11 is 0. The van der Waals surface area contributed by atoms with Crippen molar-refractivity contribution in [3.8, 4) is 11.1 Å². The number of rotatable bonds is 4. The molecule has 0 spiro atoms. The number of nitrogens with zero attached hydrogens (tertiary/aromatic N) is 1.